The maximum atomic E-state index is 11.1. The molecule has 33 heavy (non-hydrogen) atoms. The third-order valence-corrected chi connectivity index (χ3v) is 6.31. The number of benzene rings is 2. The lowest BCUT2D eigenvalue weighted by atomic mass is 10.1. The molecule has 3 rings (SSSR count). The number of hydrogen-bond donors (Lipinski definition) is 1. The second-order valence-electron chi connectivity index (χ2n) is 8.84. The molecular weight excluding hydrogens is 416 g/mol. The maximum Gasteiger partial charge on any atom is 0.335 e. The molecule has 1 aliphatic rings. The summed E-state index contributed by atoms with van der Waals surface area (Å²) in [6.45, 7) is 9.58. The van der Waals surface area contributed by atoms with Crippen molar-refractivity contribution < 1.29 is 19.4 Å². The van der Waals surface area contributed by atoms with Crippen molar-refractivity contribution in [1.82, 2.24) is 0 Å². The summed E-state index contributed by atoms with van der Waals surface area (Å²) >= 11 is 0. The Morgan fingerprint density at radius 3 is 1.88 bits per heavy atom. The number of ether oxygens (including phenoxy) is 2. The normalized spacial score (nSPS) is 13.9. The minimum Gasteiger partial charge on any atom is -0.493 e. The second-order valence-corrected chi connectivity index (χ2v) is 8.84. The maximum absolute atomic E-state index is 11.1. The number of unbranched alkanes of at least 4 members (excludes halogenated alkanes) is 4. The molecule has 2 aromatic carbocycles. The van der Waals surface area contributed by atoms with Gasteiger partial charge in [0.25, 0.3) is 0 Å². The number of methoxy groups -OCH3 is 1. The first-order valence-corrected chi connectivity index (χ1v) is 12.1. The monoisotopic (exact) mass is 454 g/mol. The van der Waals surface area contributed by atoms with E-state index >= 15 is 0 Å². The van der Waals surface area contributed by atoms with Crippen LogP contribution in [-0.4, -0.2) is 57.6 Å². The van der Waals surface area contributed by atoms with E-state index in [-0.39, 0.29) is 0 Å². The van der Waals surface area contributed by atoms with Gasteiger partial charge in [-0.3, -0.25) is 0 Å². The Morgan fingerprint density at radius 2 is 1.33 bits per heavy atom. The molecule has 0 atom stereocenters. The predicted octanol–water partition coefficient (Wildman–Crippen LogP) is 5.30. The first-order valence-electron chi connectivity index (χ1n) is 12.1. The Kier molecular flexibility index (Phi) is 9.43. The van der Waals surface area contributed by atoms with Gasteiger partial charge < -0.3 is 24.4 Å². The lowest BCUT2D eigenvalue weighted by Crippen LogP contribution is -2.46. The average molecular weight is 455 g/mol. The minimum absolute atomic E-state index is 0.327. The summed E-state index contributed by atoms with van der Waals surface area (Å²) in [5, 5.41) is 9.09. The van der Waals surface area contributed by atoms with E-state index in [1.807, 2.05) is 12.1 Å². The molecule has 1 N–H and O–H groups in total. The molecule has 1 aliphatic heterocycles. The molecule has 0 saturated carbocycles. The molecule has 0 unspecified atom stereocenters. The van der Waals surface area contributed by atoms with E-state index in [0.29, 0.717) is 5.56 Å². The van der Waals surface area contributed by atoms with Gasteiger partial charge in [0.05, 0.1) is 12.2 Å². The number of hydrogen-bond acceptors (Lipinski definition) is 5. The third-order valence-electron chi connectivity index (χ3n) is 6.31. The van der Waals surface area contributed by atoms with Crippen LogP contribution in [0.25, 0.3) is 0 Å². The second kappa shape index (κ2) is 12.5. The van der Waals surface area contributed by atoms with E-state index in [0.717, 1.165) is 63.7 Å². The zero-order valence-corrected chi connectivity index (χ0v) is 20.3. The molecule has 1 fully saturated rings. The van der Waals surface area contributed by atoms with E-state index in [4.69, 9.17) is 14.6 Å². The molecule has 0 radical (unpaired) electrons. The number of aryl methyl sites for hydroxylation is 2. The molecule has 0 spiro atoms. The standard InChI is InChI=1S/C27H38N2O4/c1-21-19-25(20-22(2)26(21)33-18-8-6-4-5-7-17-32-3)29-15-13-28(14-16-29)24-11-9-23(10-12-24)27(30)31/h9-12,19-20H,4-8,13-18H2,1-3H3,(H,30,31). The van der Waals surface area contributed by atoms with Crippen LogP contribution >= 0.6 is 0 Å². The number of carboxylic acids is 1. The molecule has 1 heterocycles. The van der Waals surface area contributed by atoms with Gasteiger partial charge in [0.2, 0.25) is 0 Å². The number of aromatic carboxylic acids is 1. The summed E-state index contributed by atoms with van der Waals surface area (Å²) in [7, 11) is 1.76. The third kappa shape index (κ3) is 7.13. The number of carbonyl (C=O) groups is 1. The summed E-state index contributed by atoms with van der Waals surface area (Å²) in [5.41, 5.74) is 5.03. The average Bonchev–Trinajstić information content (AvgIpc) is 2.82. The van der Waals surface area contributed by atoms with Crippen LogP contribution in [-0.2, 0) is 4.74 Å². The lowest BCUT2D eigenvalue weighted by molar-refractivity contribution is 0.0697. The van der Waals surface area contributed by atoms with E-state index in [9.17, 15) is 4.79 Å². The highest BCUT2D eigenvalue weighted by Crippen LogP contribution is 2.30. The van der Waals surface area contributed by atoms with E-state index < -0.39 is 5.97 Å². The minimum atomic E-state index is -0.887. The van der Waals surface area contributed by atoms with Crippen molar-refractivity contribution in [2.75, 3.05) is 56.3 Å². The lowest BCUT2D eigenvalue weighted by Gasteiger charge is -2.37. The summed E-state index contributed by atoms with van der Waals surface area (Å²) in [5.74, 6) is 0.137. The van der Waals surface area contributed by atoms with Gasteiger partial charge in [-0.15, -0.1) is 0 Å². The highest BCUT2D eigenvalue weighted by Gasteiger charge is 2.19. The highest BCUT2D eigenvalue weighted by molar-refractivity contribution is 5.88. The molecule has 0 bridgehead atoms. The topological polar surface area (TPSA) is 62.2 Å². The van der Waals surface area contributed by atoms with Crippen LogP contribution in [0, 0.1) is 13.8 Å². The predicted molar refractivity (Wildman–Crippen MR) is 134 cm³/mol. The molecule has 6 nitrogen and oxygen atoms in total. The van der Waals surface area contributed by atoms with Crippen molar-refractivity contribution in [1.29, 1.82) is 0 Å². The van der Waals surface area contributed by atoms with Crippen molar-refractivity contribution in [2.45, 2.75) is 46.0 Å². The quantitative estimate of drug-likeness (QED) is 0.439. The summed E-state index contributed by atoms with van der Waals surface area (Å²) in [6.07, 6.45) is 5.88. The van der Waals surface area contributed by atoms with Crippen LogP contribution in [0.15, 0.2) is 36.4 Å². The van der Waals surface area contributed by atoms with Gasteiger partial charge in [-0.05, 0) is 74.2 Å². The summed E-state index contributed by atoms with van der Waals surface area (Å²) in [4.78, 5) is 15.8. The molecular formula is C27H38N2O4. The van der Waals surface area contributed by atoms with Gasteiger partial charge in [0.15, 0.2) is 0 Å². The largest absolute Gasteiger partial charge is 0.493 e. The van der Waals surface area contributed by atoms with E-state index in [1.165, 1.54) is 36.1 Å². The highest BCUT2D eigenvalue weighted by atomic mass is 16.5. The van der Waals surface area contributed by atoms with Crippen LogP contribution < -0.4 is 14.5 Å². The van der Waals surface area contributed by atoms with Gasteiger partial charge in [-0.1, -0.05) is 19.3 Å². The Bertz CT molecular complexity index is 866. The zero-order chi connectivity index (χ0) is 23.6. The Hall–Kier alpha value is -2.73. The number of nitrogens with zero attached hydrogens (tertiary/aromatic N) is 2. The smallest absolute Gasteiger partial charge is 0.335 e. The van der Waals surface area contributed by atoms with Crippen molar-refractivity contribution in [2.24, 2.45) is 0 Å². The first kappa shape index (κ1) is 24.9. The molecule has 6 heteroatoms. The van der Waals surface area contributed by atoms with Crippen molar-refractivity contribution in [3.8, 4) is 5.75 Å². The van der Waals surface area contributed by atoms with Crippen LogP contribution in [0.5, 0.6) is 5.75 Å². The van der Waals surface area contributed by atoms with Crippen LogP contribution in [0.3, 0.4) is 0 Å². The molecule has 2 aromatic rings. The van der Waals surface area contributed by atoms with Crippen LogP contribution in [0.1, 0.15) is 53.6 Å². The molecule has 0 aromatic heterocycles. The van der Waals surface area contributed by atoms with E-state index in [1.54, 1.807) is 19.2 Å². The number of carboxylic acid groups (broad SMARTS) is 1. The van der Waals surface area contributed by atoms with Gasteiger partial charge in [0.1, 0.15) is 5.75 Å². The summed E-state index contributed by atoms with van der Waals surface area (Å²) < 4.78 is 11.2. The van der Waals surface area contributed by atoms with Gasteiger partial charge in [-0.25, -0.2) is 4.79 Å². The van der Waals surface area contributed by atoms with Gasteiger partial charge in [-0.2, -0.15) is 0 Å². The van der Waals surface area contributed by atoms with E-state index in [2.05, 4.69) is 35.8 Å². The van der Waals surface area contributed by atoms with Crippen molar-refractivity contribution in [3.63, 3.8) is 0 Å². The van der Waals surface area contributed by atoms with Crippen LogP contribution in [0.2, 0.25) is 0 Å². The molecule has 180 valence electrons. The first-order chi connectivity index (χ1) is 16.0. The Balaban J connectivity index is 1.48. The van der Waals surface area contributed by atoms with Gasteiger partial charge >= 0.3 is 5.97 Å². The van der Waals surface area contributed by atoms with Crippen LogP contribution in [0.4, 0.5) is 11.4 Å². The Labute approximate surface area is 198 Å². The number of piperazine rings is 1. The Morgan fingerprint density at radius 1 is 0.818 bits per heavy atom. The summed E-state index contributed by atoms with van der Waals surface area (Å²) in [6, 6.07) is 11.6. The number of rotatable bonds is 12. The SMILES string of the molecule is COCCCCCCCOc1c(C)cc(N2CCN(c3ccc(C(=O)O)cc3)CC2)cc1C. The van der Waals surface area contributed by atoms with Crippen molar-refractivity contribution in [3.05, 3.63) is 53.1 Å². The fraction of sp³-hybridized carbons (Fsp3) is 0.519. The van der Waals surface area contributed by atoms with Crippen molar-refractivity contribution >= 4 is 17.3 Å². The molecule has 0 aliphatic carbocycles. The fourth-order valence-electron chi connectivity index (χ4n) is 4.43. The number of anilines is 2. The molecule has 0 amide bonds. The zero-order valence-electron chi connectivity index (χ0n) is 20.3. The molecule has 1 saturated heterocycles. The fourth-order valence-corrected chi connectivity index (χ4v) is 4.43. The van der Waals surface area contributed by atoms with Gasteiger partial charge in [0, 0.05) is 51.3 Å².